The fourth-order valence-electron chi connectivity index (χ4n) is 1.78. The largest absolute Gasteiger partial charge is 0.254 e. The minimum atomic E-state index is -3.10. The predicted octanol–water partition coefficient (Wildman–Crippen LogP) is 1.74. The summed E-state index contributed by atoms with van der Waals surface area (Å²) in [5, 5.41) is 0. The van der Waals surface area contributed by atoms with Crippen LogP contribution in [0.15, 0.2) is 18.3 Å². The number of rotatable bonds is 2. The average molecular weight is 240 g/mol. The normalized spacial score (nSPS) is 19.3. The van der Waals surface area contributed by atoms with Crippen LogP contribution in [0.1, 0.15) is 31.7 Å². The second-order valence-corrected chi connectivity index (χ2v) is 6.36. The molecule has 5 heteroatoms. The highest BCUT2D eigenvalue weighted by Crippen LogP contribution is 2.23. The quantitative estimate of drug-likeness (QED) is 0.791. The number of pyridine rings is 1. The van der Waals surface area contributed by atoms with E-state index in [0.717, 1.165) is 5.56 Å². The zero-order valence-corrected chi connectivity index (χ0v) is 10.4. The molecule has 0 radical (unpaired) electrons. The maximum Gasteiger partial charge on any atom is 0.236 e. The van der Waals surface area contributed by atoms with Crippen molar-refractivity contribution in [2.24, 2.45) is 0 Å². The van der Waals surface area contributed by atoms with Crippen molar-refractivity contribution >= 4 is 15.8 Å². The Labute approximate surface area is 96.4 Å². The van der Waals surface area contributed by atoms with Crippen LogP contribution in [-0.2, 0) is 10.0 Å². The third-order valence-corrected chi connectivity index (χ3v) is 4.64. The van der Waals surface area contributed by atoms with Gasteiger partial charge >= 0.3 is 0 Å². The van der Waals surface area contributed by atoms with Crippen LogP contribution in [0, 0.1) is 0 Å². The Kier molecular flexibility index (Phi) is 2.88. The van der Waals surface area contributed by atoms with E-state index in [0.29, 0.717) is 24.7 Å². The van der Waals surface area contributed by atoms with Gasteiger partial charge in [-0.25, -0.2) is 13.4 Å². The minimum Gasteiger partial charge on any atom is -0.254 e. The van der Waals surface area contributed by atoms with Gasteiger partial charge in [0.25, 0.3) is 0 Å². The Balaban J connectivity index is 2.29. The number of sulfonamides is 1. The number of aromatic nitrogens is 1. The summed E-state index contributed by atoms with van der Waals surface area (Å²) in [7, 11) is -3.10. The van der Waals surface area contributed by atoms with Gasteiger partial charge in [0.05, 0.1) is 5.75 Å². The molecule has 0 aromatic carbocycles. The van der Waals surface area contributed by atoms with E-state index in [9.17, 15) is 8.42 Å². The Morgan fingerprint density at radius 1 is 1.38 bits per heavy atom. The third-order valence-electron chi connectivity index (χ3n) is 2.79. The summed E-state index contributed by atoms with van der Waals surface area (Å²) in [5.41, 5.74) is 1.13. The lowest BCUT2D eigenvalue weighted by Crippen LogP contribution is -2.25. The second-order valence-electron chi connectivity index (χ2n) is 4.35. The third kappa shape index (κ3) is 2.04. The molecular weight excluding hydrogens is 224 g/mol. The average Bonchev–Trinajstić information content (AvgIpc) is 2.58. The molecule has 0 amide bonds. The van der Waals surface area contributed by atoms with Crippen molar-refractivity contribution in [1.29, 1.82) is 0 Å². The van der Waals surface area contributed by atoms with E-state index in [-0.39, 0.29) is 5.75 Å². The first-order valence-corrected chi connectivity index (χ1v) is 7.08. The van der Waals surface area contributed by atoms with E-state index in [4.69, 9.17) is 0 Å². The van der Waals surface area contributed by atoms with Crippen LogP contribution in [0.2, 0.25) is 0 Å². The molecule has 1 aliphatic rings. The van der Waals surface area contributed by atoms with Crippen LogP contribution in [0.4, 0.5) is 5.82 Å². The van der Waals surface area contributed by atoms with Crippen molar-refractivity contribution in [3.05, 3.63) is 23.9 Å². The topological polar surface area (TPSA) is 50.3 Å². The van der Waals surface area contributed by atoms with Crippen molar-refractivity contribution in [2.45, 2.75) is 26.2 Å². The van der Waals surface area contributed by atoms with Crippen LogP contribution in [0.3, 0.4) is 0 Å². The smallest absolute Gasteiger partial charge is 0.236 e. The van der Waals surface area contributed by atoms with Crippen molar-refractivity contribution in [1.82, 2.24) is 4.98 Å². The maximum atomic E-state index is 11.7. The van der Waals surface area contributed by atoms with Gasteiger partial charge in [0.2, 0.25) is 10.0 Å². The highest BCUT2D eigenvalue weighted by atomic mass is 32.2. The van der Waals surface area contributed by atoms with E-state index in [1.807, 2.05) is 6.07 Å². The Hall–Kier alpha value is -1.10. The van der Waals surface area contributed by atoms with Crippen LogP contribution < -0.4 is 4.31 Å². The Morgan fingerprint density at radius 2 is 2.12 bits per heavy atom. The Bertz CT molecular complexity index is 465. The van der Waals surface area contributed by atoms with Crippen molar-refractivity contribution in [3.63, 3.8) is 0 Å². The van der Waals surface area contributed by atoms with Crippen LogP contribution in [0.5, 0.6) is 0 Å². The molecule has 0 atom stereocenters. The molecule has 0 aliphatic carbocycles. The molecular formula is C11H16N2O2S. The van der Waals surface area contributed by atoms with E-state index < -0.39 is 10.0 Å². The van der Waals surface area contributed by atoms with Gasteiger partial charge in [-0.05, 0) is 24.0 Å². The van der Waals surface area contributed by atoms with Gasteiger partial charge in [-0.15, -0.1) is 0 Å². The zero-order valence-electron chi connectivity index (χ0n) is 9.55. The molecule has 16 heavy (non-hydrogen) atoms. The standard InChI is InChI=1S/C11H16N2O2S/c1-9(2)10-4-5-11(12-8-10)13-6-3-7-16(13,14)15/h4-5,8-9H,3,6-7H2,1-2H3. The molecule has 1 saturated heterocycles. The zero-order chi connectivity index (χ0) is 11.8. The van der Waals surface area contributed by atoms with E-state index >= 15 is 0 Å². The van der Waals surface area contributed by atoms with E-state index in [2.05, 4.69) is 18.8 Å². The lowest BCUT2D eigenvalue weighted by atomic mass is 10.1. The van der Waals surface area contributed by atoms with Gasteiger partial charge in [-0.1, -0.05) is 19.9 Å². The molecule has 1 aromatic heterocycles. The predicted molar refractivity (Wildman–Crippen MR) is 64.1 cm³/mol. The van der Waals surface area contributed by atoms with Crippen molar-refractivity contribution in [3.8, 4) is 0 Å². The summed E-state index contributed by atoms with van der Waals surface area (Å²) in [4.78, 5) is 4.22. The van der Waals surface area contributed by atoms with Gasteiger partial charge in [0.15, 0.2) is 0 Å². The number of anilines is 1. The molecule has 0 N–H and O–H groups in total. The summed E-state index contributed by atoms with van der Waals surface area (Å²) >= 11 is 0. The van der Waals surface area contributed by atoms with E-state index in [1.54, 1.807) is 12.3 Å². The first kappa shape index (κ1) is 11.4. The molecule has 2 rings (SSSR count). The Morgan fingerprint density at radius 3 is 2.56 bits per heavy atom. The summed E-state index contributed by atoms with van der Waals surface area (Å²) in [6.07, 6.45) is 2.45. The van der Waals surface area contributed by atoms with Gasteiger partial charge < -0.3 is 0 Å². The highest BCUT2D eigenvalue weighted by molar-refractivity contribution is 7.93. The minimum absolute atomic E-state index is 0.237. The molecule has 2 heterocycles. The van der Waals surface area contributed by atoms with Crippen molar-refractivity contribution in [2.75, 3.05) is 16.6 Å². The lowest BCUT2D eigenvalue weighted by molar-refractivity contribution is 0.599. The van der Waals surface area contributed by atoms with Gasteiger partial charge in [-0.2, -0.15) is 0 Å². The summed E-state index contributed by atoms with van der Waals surface area (Å²) in [5.74, 6) is 1.19. The first-order chi connectivity index (χ1) is 7.50. The molecule has 0 unspecified atom stereocenters. The monoisotopic (exact) mass is 240 g/mol. The molecule has 1 aromatic rings. The number of nitrogens with zero attached hydrogens (tertiary/aromatic N) is 2. The molecule has 88 valence electrons. The van der Waals surface area contributed by atoms with Gasteiger partial charge in [-0.3, -0.25) is 4.31 Å². The highest BCUT2D eigenvalue weighted by Gasteiger charge is 2.29. The number of hydrogen-bond acceptors (Lipinski definition) is 3. The lowest BCUT2D eigenvalue weighted by Gasteiger charge is -2.16. The molecule has 1 aliphatic heterocycles. The molecule has 0 saturated carbocycles. The maximum absolute atomic E-state index is 11.7. The van der Waals surface area contributed by atoms with Gasteiger partial charge in [0, 0.05) is 12.7 Å². The fraction of sp³-hybridized carbons (Fsp3) is 0.545. The SMILES string of the molecule is CC(C)c1ccc(N2CCCS2(=O)=O)nc1. The first-order valence-electron chi connectivity index (χ1n) is 5.47. The fourth-order valence-corrected chi connectivity index (χ4v) is 3.30. The van der Waals surface area contributed by atoms with Crippen molar-refractivity contribution < 1.29 is 8.42 Å². The second kappa shape index (κ2) is 4.05. The molecule has 1 fully saturated rings. The number of hydrogen-bond donors (Lipinski definition) is 0. The van der Waals surface area contributed by atoms with Gasteiger partial charge in [0.1, 0.15) is 5.82 Å². The van der Waals surface area contributed by atoms with Crippen LogP contribution in [0.25, 0.3) is 0 Å². The summed E-state index contributed by atoms with van der Waals surface area (Å²) in [6.45, 7) is 4.73. The molecule has 0 bridgehead atoms. The van der Waals surface area contributed by atoms with Crippen LogP contribution >= 0.6 is 0 Å². The van der Waals surface area contributed by atoms with Crippen LogP contribution in [-0.4, -0.2) is 25.7 Å². The summed E-state index contributed by atoms with van der Waals surface area (Å²) < 4.78 is 24.7. The molecule has 0 spiro atoms. The van der Waals surface area contributed by atoms with E-state index in [1.165, 1.54) is 4.31 Å². The summed E-state index contributed by atoms with van der Waals surface area (Å²) in [6, 6.07) is 3.74. The molecule has 4 nitrogen and oxygen atoms in total.